The number of alkyl carbamates (subject to hydrolysis) is 1. The van der Waals surface area contributed by atoms with E-state index in [1.54, 1.807) is 33.8 Å². The Morgan fingerprint density at radius 3 is 2.30 bits per heavy atom. The molecule has 0 aromatic carbocycles. The average Bonchev–Trinajstić information content (AvgIpc) is 2.22. The highest BCUT2D eigenvalue weighted by atomic mass is 16.6. The molecule has 20 heavy (non-hydrogen) atoms. The molecule has 1 amide bonds. The summed E-state index contributed by atoms with van der Waals surface area (Å²) in [5, 5.41) is 2.75. The van der Waals surface area contributed by atoms with Crippen LogP contribution in [-0.4, -0.2) is 30.3 Å². The number of esters is 1. The lowest BCUT2D eigenvalue weighted by atomic mass is 10.0. The van der Waals surface area contributed by atoms with Gasteiger partial charge in [0.2, 0.25) is 0 Å². The summed E-state index contributed by atoms with van der Waals surface area (Å²) < 4.78 is 10.0. The monoisotopic (exact) mass is 285 g/mol. The quantitative estimate of drug-likeness (QED) is 0.602. The van der Waals surface area contributed by atoms with Crippen LogP contribution in [-0.2, 0) is 14.3 Å². The first-order chi connectivity index (χ1) is 9.14. The molecular weight excluding hydrogens is 258 g/mol. The molecule has 0 aliphatic heterocycles. The summed E-state index contributed by atoms with van der Waals surface area (Å²) in [6.07, 6.45) is 3.21. The van der Waals surface area contributed by atoms with Gasteiger partial charge in [0, 0.05) is 6.08 Å². The highest BCUT2D eigenvalue weighted by Crippen LogP contribution is 2.10. The Morgan fingerprint density at radius 1 is 1.25 bits per heavy atom. The lowest BCUT2D eigenvalue weighted by molar-refractivity contribution is -0.137. The Balaban J connectivity index is 4.56. The van der Waals surface area contributed by atoms with Crippen LogP contribution in [0.15, 0.2) is 12.2 Å². The maximum atomic E-state index is 11.7. The Kier molecular flexibility index (Phi) is 7.96. The normalized spacial score (nSPS) is 13.3. The van der Waals surface area contributed by atoms with E-state index in [4.69, 9.17) is 9.47 Å². The third-order valence-corrected chi connectivity index (χ3v) is 2.18. The van der Waals surface area contributed by atoms with E-state index in [-0.39, 0.29) is 6.04 Å². The second-order valence-corrected chi connectivity index (χ2v) is 5.99. The molecule has 0 saturated heterocycles. The standard InChI is InChI=1S/C15H27NO4/c1-7-19-13(17)9-8-12(10-11(2)3)16-14(18)20-15(4,5)6/h8-9,11-12H,7,10H2,1-6H3,(H,16,18)/b9-8+. The lowest BCUT2D eigenvalue weighted by Crippen LogP contribution is -2.38. The van der Waals surface area contributed by atoms with Crippen molar-refractivity contribution < 1.29 is 19.1 Å². The second kappa shape index (κ2) is 8.61. The summed E-state index contributed by atoms with van der Waals surface area (Å²) >= 11 is 0. The van der Waals surface area contributed by atoms with Crippen LogP contribution in [0.3, 0.4) is 0 Å². The molecule has 0 aromatic rings. The van der Waals surface area contributed by atoms with Crippen molar-refractivity contribution in [3.63, 3.8) is 0 Å². The fraction of sp³-hybridized carbons (Fsp3) is 0.733. The number of amides is 1. The van der Waals surface area contributed by atoms with Crippen LogP contribution in [0, 0.1) is 5.92 Å². The number of nitrogens with one attached hydrogen (secondary N) is 1. The van der Waals surface area contributed by atoms with Crippen molar-refractivity contribution in [1.29, 1.82) is 0 Å². The van der Waals surface area contributed by atoms with Gasteiger partial charge < -0.3 is 14.8 Å². The molecule has 0 bridgehead atoms. The van der Waals surface area contributed by atoms with Crippen molar-refractivity contribution in [3.05, 3.63) is 12.2 Å². The van der Waals surface area contributed by atoms with Crippen LogP contribution in [0.1, 0.15) is 48.0 Å². The molecule has 0 fully saturated rings. The SMILES string of the molecule is CCOC(=O)/C=C/C(CC(C)C)NC(=O)OC(C)(C)C. The molecule has 0 rings (SSSR count). The first-order valence-electron chi connectivity index (χ1n) is 6.98. The molecule has 0 aromatic heterocycles. The molecule has 0 spiro atoms. The fourth-order valence-corrected chi connectivity index (χ4v) is 1.54. The first-order valence-corrected chi connectivity index (χ1v) is 6.98. The van der Waals surface area contributed by atoms with Crippen molar-refractivity contribution >= 4 is 12.1 Å². The van der Waals surface area contributed by atoms with Crippen LogP contribution < -0.4 is 5.32 Å². The first kappa shape index (κ1) is 18.5. The van der Waals surface area contributed by atoms with Gasteiger partial charge in [-0.05, 0) is 40.0 Å². The third-order valence-electron chi connectivity index (χ3n) is 2.18. The number of carbonyl (C=O) groups excluding carboxylic acids is 2. The maximum absolute atomic E-state index is 11.7. The Labute approximate surface area is 121 Å². The van der Waals surface area contributed by atoms with Crippen LogP contribution in [0.2, 0.25) is 0 Å². The molecule has 1 unspecified atom stereocenters. The van der Waals surface area contributed by atoms with Crippen LogP contribution in [0.25, 0.3) is 0 Å². The van der Waals surface area contributed by atoms with Gasteiger partial charge in [-0.25, -0.2) is 9.59 Å². The summed E-state index contributed by atoms with van der Waals surface area (Å²) in [7, 11) is 0. The van der Waals surface area contributed by atoms with Crippen molar-refractivity contribution in [2.24, 2.45) is 5.92 Å². The van der Waals surface area contributed by atoms with Gasteiger partial charge in [0.15, 0.2) is 0 Å². The van der Waals surface area contributed by atoms with Gasteiger partial charge in [-0.15, -0.1) is 0 Å². The minimum Gasteiger partial charge on any atom is -0.463 e. The molecule has 0 aliphatic carbocycles. The largest absolute Gasteiger partial charge is 0.463 e. The highest BCUT2D eigenvalue weighted by molar-refractivity contribution is 5.82. The second-order valence-electron chi connectivity index (χ2n) is 5.99. The number of rotatable bonds is 6. The summed E-state index contributed by atoms with van der Waals surface area (Å²) in [5.74, 6) is -0.0333. The fourth-order valence-electron chi connectivity index (χ4n) is 1.54. The topological polar surface area (TPSA) is 64.6 Å². The van der Waals surface area contributed by atoms with E-state index in [2.05, 4.69) is 5.32 Å². The maximum Gasteiger partial charge on any atom is 0.408 e. The Bertz CT molecular complexity index is 342. The van der Waals surface area contributed by atoms with Gasteiger partial charge in [0.1, 0.15) is 5.60 Å². The van der Waals surface area contributed by atoms with E-state index in [9.17, 15) is 9.59 Å². The number of hydrogen-bond donors (Lipinski definition) is 1. The predicted molar refractivity (Wildman–Crippen MR) is 78.4 cm³/mol. The molecule has 0 radical (unpaired) electrons. The summed E-state index contributed by atoms with van der Waals surface area (Å²) in [4.78, 5) is 23.0. The molecule has 1 atom stereocenters. The third kappa shape index (κ3) is 10.4. The van der Waals surface area contributed by atoms with E-state index in [0.29, 0.717) is 12.5 Å². The lowest BCUT2D eigenvalue weighted by Gasteiger charge is -2.23. The van der Waals surface area contributed by atoms with Gasteiger partial charge in [-0.3, -0.25) is 0 Å². The molecule has 116 valence electrons. The molecule has 0 saturated carbocycles. The number of hydrogen-bond acceptors (Lipinski definition) is 4. The molecule has 5 nitrogen and oxygen atoms in total. The van der Waals surface area contributed by atoms with E-state index in [1.165, 1.54) is 6.08 Å². The van der Waals surface area contributed by atoms with Gasteiger partial charge in [0.05, 0.1) is 12.6 Å². The summed E-state index contributed by atoms with van der Waals surface area (Å²) in [6, 6.07) is -0.255. The van der Waals surface area contributed by atoms with Gasteiger partial charge in [0.25, 0.3) is 0 Å². The minimum absolute atomic E-state index is 0.255. The van der Waals surface area contributed by atoms with Gasteiger partial charge >= 0.3 is 12.1 Å². The molecule has 5 heteroatoms. The Morgan fingerprint density at radius 2 is 1.85 bits per heavy atom. The van der Waals surface area contributed by atoms with E-state index >= 15 is 0 Å². The van der Waals surface area contributed by atoms with Crippen molar-refractivity contribution in [2.45, 2.75) is 59.6 Å². The zero-order valence-corrected chi connectivity index (χ0v) is 13.4. The van der Waals surface area contributed by atoms with Crippen LogP contribution in [0.4, 0.5) is 4.79 Å². The number of carbonyl (C=O) groups is 2. The highest BCUT2D eigenvalue weighted by Gasteiger charge is 2.19. The molecule has 0 aliphatic rings. The molecule has 0 heterocycles. The van der Waals surface area contributed by atoms with Crippen LogP contribution in [0.5, 0.6) is 0 Å². The van der Waals surface area contributed by atoms with E-state index < -0.39 is 17.7 Å². The predicted octanol–water partition coefficient (Wildman–Crippen LogP) is 3.05. The molecular formula is C15H27NO4. The van der Waals surface area contributed by atoms with Gasteiger partial charge in [-0.2, -0.15) is 0 Å². The van der Waals surface area contributed by atoms with Crippen molar-refractivity contribution in [3.8, 4) is 0 Å². The summed E-state index contributed by atoms with van der Waals surface area (Å²) in [5.41, 5.74) is -0.544. The minimum atomic E-state index is -0.544. The summed E-state index contributed by atoms with van der Waals surface area (Å²) in [6.45, 7) is 11.6. The smallest absolute Gasteiger partial charge is 0.408 e. The van der Waals surface area contributed by atoms with Gasteiger partial charge in [-0.1, -0.05) is 19.9 Å². The van der Waals surface area contributed by atoms with E-state index in [0.717, 1.165) is 6.42 Å². The zero-order valence-electron chi connectivity index (χ0n) is 13.4. The number of ether oxygens (including phenoxy) is 2. The zero-order chi connectivity index (χ0) is 15.8. The van der Waals surface area contributed by atoms with Crippen molar-refractivity contribution in [1.82, 2.24) is 5.32 Å². The van der Waals surface area contributed by atoms with E-state index in [1.807, 2.05) is 13.8 Å². The van der Waals surface area contributed by atoms with Crippen molar-refractivity contribution in [2.75, 3.05) is 6.61 Å². The Hall–Kier alpha value is -1.52. The molecule has 1 N–H and O–H groups in total. The average molecular weight is 285 g/mol. The van der Waals surface area contributed by atoms with Crippen LogP contribution >= 0.6 is 0 Å².